The van der Waals surface area contributed by atoms with Crippen LogP contribution in [0.15, 0.2) is 59.7 Å². The zero-order chi connectivity index (χ0) is 16.4. The Bertz CT molecular complexity index is 992. The molecule has 4 nitrogen and oxygen atoms in total. The van der Waals surface area contributed by atoms with Crippen LogP contribution in [0.2, 0.25) is 0 Å². The highest BCUT2D eigenvalue weighted by Crippen LogP contribution is 2.19. The molecular weight excluding hydrogens is 296 g/mol. The molecule has 4 heteroatoms. The Morgan fingerprint density at radius 1 is 1.04 bits per heavy atom. The molecule has 0 atom stereocenters. The minimum atomic E-state index is 0.506. The second-order valence-electron chi connectivity index (χ2n) is 5.62. The lowest BCUT2D eigenvalue weighted by Gasteiger charge is -2.02. The number of nitrogens with one attached hydrogen (secondary N) is 1. The largest absolute Gasteiger partial charge is 0.384 e. The smallest absolute Gasteiger partial charge is 0.128 e. The molecule has 2 aromatic carbocycles. The Morgan fingerprint density at radius 2 is 1.92 bits per heavy atom. The minimum absolute atomic E-state index is 0.506. The van der Waals surface area contributed by atoms with Gasteiger partial charge >= 0.3 is 0 Å². The zero-order valence-electron chi connectivity index (χ0n) is 13.1. The third-order valence-electron chi connectivity index (χ3n) is 3.96. The van der Waals surface area contributed by atoms with E-state index in [1.807, 2.05) is 48.5 Å². The molecule has 2 heterocycles. The van der Waals surface area contributed by atoms with Crippen molar-refractivity contribution in [2.75, 3.05) is 18.8 Å². The van der Waals surface area contributed by atoms with Crippen molar-refractivity contribution in [1.29, 1.82) is 0 Å². The molecule has 0 radical (unpaired) electrons. The maximum absolute atomic E-state index is 5.80. The SMILES string of the molecule is Nc1cc2c(C#Cc3ccc(C4=NCCN4)cc3)cccc2cn1. The van der Waals surface area contributed by atoms with Gasteiger partial charge in [-0.1, -0.05) is 36.1 Å². The number of benzene rings is 2. The first-order valence-corrected chi connectivity index (χ1v) is 7.85. The fourth-order valence-electron chi connectivity index (χ4n) is 2.74. The highest BCUT2D eigenvalue weighted by molar-refractivity contribution is 5.99. The van der Waals surface area contributed by atoms with Gasteiger partial charge in [-0.15, -0.1) is 0 Å². The van der Waals surface area contributed by atoms with Crippen molar-refractivity contribution in [3.8, 4) is 11.8 Å². The van der Waals surface area contributed by atoms with E-state index in [2.05, 4.69) is 27.1 Å². The number of nitrogens with zero attached hydrogens (tertiary/aromatic N) is 2. The Morgan fingerprint density at radius 3 is 2.71 bits per heavy atom. The van der Waals surface area contributed by atoms with Crippen LogP contribution in [0.1, 0.15) is 16.7 Å². The van der Waals surface area contributed by atoms with Crippen molar-refractivity contribution >= 4 is 22.4 Å². The first-order chi connectivity index (χ1) is 11.8. The van der Waals surface area contributed by atoms with Crippen LogP contribution in [-0.4, -0.2) is 23.9 Å². The Kier molecular flexibility index (Phi) is 3.60. The number of nitrogen functional groups attached to an aromatic ring is 1. The first kappa shape index (κ1) is 14.3. The fourth-order valence-corrected chi connectivity index (χ4v) is 2.74. The van der Waals surface area contributed by atoms with Crippen LogP contribution in [0, 0.1) is 11.8 Å². The van der Waals surface area contributed by atoms with Crippen LogP contribution in [-0.2, 0) is 0 Å². The van der Waals surface area contributed by atoms with Crippen LogP contribution in [0.25, 0.3) is 10.8 Å². The molecule has 1 aliphatic rings. The second-order valence-corrected chi connectivity index (χ2v) is 5.62. The second kappa shape index (κ2) is 6.05. The molecule has 0 bridgehead atoms. The van der Waals surface area contributed by atoms with Gasteiger partial charge in [-0.3, -0.25) is 4.99 Å². The lowest BCUT2D eigenvalue weighted by atomic mass is 10.1. The molecule has 3 N–H and O–H groups in total. The molecule has 1 aromatic heterocycles. The monoisotopic (exact) mass is 312 g/mol. The summed E-state index contributed by atoms with van der Waals surface area (Å²) in [5.74, 6) is 7.93. The average molecular weight is 312 g/mol. The van der Waals surface area contributed by atoms with Crippen molar-refractivity contribution in [2.45, 2.75) is 0 Å². The Hall–Kier alpha value is -3.32. The van der Waals surface area contributed by atoms with Crippen molar-refractivity contribution < 1.29 is 0 Å². The topological polar surface area (TPSA) is 63.3 Å². The summed E-state index contributed by atoms with van der Waals surface area (Å²) in [6.07, 6.45) is 1.78. The third-order valence-corrected chi connectivity index (χ3v) is 3.96. The number of hydrogen-bond acceptors (Lipinski definition) is 4. The predicted molar refractivity (Wildman–Crippen MR) is 98.0 cm³/mol. The summed E-state index contributed by atoms with van der Waals surface area (Å²) in [5, 5.41) is 5.34. The highest BCUT2D eigenvalue weighted by atomic mass is 15.1. The van der Waals surface area contributed by atoms with Crippen molar-refractivity contribution in [3.05, 3.63) is 71.4 Å². The van der Waals surface area contributed by atoms with Crippen LogP contribution in [0.4, 0.5) is 5.82 Å². The summed E-state index contributed by atoms with van der Waals surface area (Å²) in [7, 11) is 0. The Balaban J connectivity index is 1.66. The van der Waals surface area contributed by atoms with Gasteiger partial charge in [0.15, 0.2) is 0 Å². The standard InChI is InChI=1S/C20H16N4/c21-19-12-18-15(2-1-3-17(18)13-24-19)7-4-14-5-8-16(9-6-14)20-22-10-11-23-20/h1-3,5-6,8-9,12-13H,10-11H2,(H2,21,24)(H,22,23). The van der Waals surface area contributed by atoms with Crippen LogP contribution < -0.4 is 11.1 Å². The van der Waals surface area contributed by atoms with Crippen LogP contribution in [0.5, 0.6) is 0 Å². The molecule has 0 aliphatic carbocycles. The molecule has 0 saturated carbocycles. The van der Waals surface area contributed by atoms with E-state index in [1.54, 1.807) is 6.20 Å². The number of nitrogens with two attached hydrogens (primary N) is 1. The summed E-state index contributed by atoms with van der Waals surface area (Å²) in [6.45, 7) is 1.76. The highest BCUT2D eigenvalue weighted by Gasteiger charge is 2.06. The molecule has 0 amide bonds. The van der Waals surface area contributed by atoms with E-state index in [0.717, 1.165) is 46.4 Å². The van der Waals surface area contributed by atoms with Gasteiger partial charge in [-0.05, 0) is 24.3 Å². The number of hydrogen-bond donors (Lipinski definition) is 2. The average Bonchev–Trinajstić information content (AvgIpc) is 3.15. The van der Waals surface area contributed by atoms with E-state index >= 15 is 0 Å². The molecule has 1 aliphatic heterocycles. The van der Waals surface area contributed by atoms with Crippen LogP contribution in [0.3, 0.4) is 0 Å². The van der Waals surface area contributed by atoms with Gasteiger partial charge in [0.2, 0.25) is 0 Å². The minimum Gasteiger partial charge on any atom is -0.384 e. The van der Waals surface area contributed by atoms with E-state index in [1.165, 1.54) is 0 Å². The summed E-state index contributed by atoms with van der Waals surface area (Å²) in [4.78, 5) is 8.55. The number of anilines is 1. The lowest BCUT2D eigenvalue weighted by molar-refractivity contribution is 0.960. The predicted octanol–water partition coefficient (Wildman–Crippen LogP) is 2.57. The van der Waals surface area contributed by atoms with Gasteiger partial charge in [0.25, 0.3) is 0 Å². The van der Waals surface area contributed by atoms with Crippen molar-refractivity contribution in [3.63, 3.8) is 0 Å². The van der Waals surface area contributed by atoms with Gasteiger partial charge in [0.05, 0.1) is 6.54 Å². The summed E-state index contributed by atoms with van der Waals surface area (Å²) in [5.41, 5.74) is 8.82. The molecular formula is C20H16N4. The number of aromatic nitrogens is 1. The molecule has 0 fully saturated rings. The van der Waals surface area contributed by atoms with E-state index in [0.29, 0.717) is 5.82 Å². The molecule has 0 unspecified atom stereocenters. The maximum atomic E-state index is 5.80. The first-order valence-electron chi connectivity index (χ1n) is 7.85. The van der Waals surface area contributed by atoms with Gasteiger partial charge < -0.3 is 11.1 Å². The number of fused-ring (bicyclic) bond motifs is 1. The van der Waals surface area contributed by atoms with E-state index in [9.17, 15) is 0 Å². The van der Waals surface area contributed by atoms with E-state index in [4.69, 9.17) is 5.73 Å². The van der Waals surface area contributed by atoms with Gasteiger partial charge in [-0.25, -0.2) is 4.98 Å². The molecule has 3 aromatic rings. The van der Waals surface area contributed by atoms with Crippen molar-refractivity contribution in [2.24, 2.45) is 4.99 Å². The molecule has 4 rings (SSSR count). The molecule has 0 saturated heterocycles. The summed E-state index contributed by atoms with van der Waals surface area (Å²) < 4.78 is 0. The Labute approximate surface area is 140 Å². The number of amidine groups is 1. The lowest BCUT2D eigenvalue weighted by Crippen LogP contribution is -2.19. The normalized spacial score (nSPS) is 13.1. The quantitative estimate of drug-likeness (QED) is 0.679. The number of pyridine rings is 1. The van der Waals surface area contributed by atoms with E-state index in [-0.39, 0.29) is 0 Å². The fraction of sp³-hybridized carbons (Fsp3) is 0.100. The van der Waals surface area contributed by atoms with Gasteiger partial charge in [0, 0.05) is 40.2 Å². The molecule has 24 heavy (non-hydrogen) atoms. The van der Waals surface area contributed by atoms with Crippen molar-refractivity contribution in [1.82, 2.24) is 10.3 Å². The molecule has 0 spiro atoms. The van der Waals surface area contributed by atoms with Gasteiger partial charge in [-0.2, -0.15) is 0 Å². The zero-order valence-corrected chi connectivity index (χ0v) is 13.1. The molecule has 116 valence electrons. The van der Waals surface area contributed by atoms with Gasteiger partial charge in [0.1, 0.15) is 11.7 Å². The number of aliphatic imine (C=N–C) groups is 1. The third kappa shape index (κ3) is 2.80. The summed E-state index contributed by atoms with van der Waals surface area (Å²) >= 11 is 0. The number of rotatable bonds is 1. The summed E-state index contributed by atoms with van der Waals surface area (Å²) in [6, 6.07) is 16.0. The maximum Gasteiger partial charge on any atom is 0.128 e. The van der Waals surface area contributed by atoms with E-state index < -0.39 is 0 Å². The van der Waals surface area contributed by atoms with Crippen LogP contribution >= 0.6 is 0 Å².